The van der Waals surface area contributed by atoms with Gasteiger partial charge in [-0.2, -0.15) is 10.2 Å². The molecule has 0 atom stereocenters. The fourth-order valence-corrected chi connectivity index (χ4v) is 4.52. The maximum absolute atomic E-state index is 6.44. The molecule has 0 aliphatic carbocycles. The van der Waals surface area contributed by atoms with Gasteiger partial charge in [0, 0.05) is 41.3 Å². The van der Waals surface area contributed by atoms with Crippen molar-refractivity contribution in [1.82, 2.24) is 14.8 Å². The summed E-state index contributed by atoms with van der Waals surface area (Å²) in [5.41, 5.74) is 1.43. The summed E-state index contributed by atoms with van der Waals surface area (Å²) in [6, 6.07) is 15.3. The molecule has 0 fully saturated rings. The molecule has 0 N–H and O–H groups in total. The molecule has 5 nitrogen and oxygen atoms in total. The lowest BCUT2D eigenvalue weighted by Crippen LogP contribution is -2.11. The van der Waals surface area contributed by atoms with Gasteiger partial charge in [-0.15, -0.1) is 22.5 Å². The number of para-hydroxylation sites is 1. The number of halogens is 2. The van der Waals surface area contributed by atoms with Gasteiger partial charge in [-0.3, -0.25) is 4.57 Å². The Hall–Kier alpha value is -2.33. The van der Waals surface area contributed by atoms with Crippen LogP contribution in [0.5, 0.6) is 0 Å². The largest absolute Gasteiger partial charge is 0.270 e. The molecule has 0 spiro atoms. The summed E-state index contributed by atoms with van der Waals surface area (Å²) in [5, 5.41) is 19.1. The third-order valence-corrected chi connectivity index (χ3v) is 6.08. The quantitative estimate of drug-likeness (QED) is 0.304. The van der Waals surface area contributed by atoms with Gasteiger partial charge in [-0.25, -0.2) is 0 Å². The monoisotopic (exact) mass is 441 g/mol. The zero-order valence-corrected chi connectivity index (χ0v) is 17.8. The first-order chi connectivity index (χ1) is 14.1. The first kappa shape index (κ1) is 20.0. The minimum Gasteiger partial charge on any atom is -0.270 e. The average Bonchev–Trinajstić information content (AvgIpc) is 3.37. The summed E-state index contributed by atoms with van der Waals surface area (Å²) in [6.07, 6.45) is 7.66. The van der Waals surface area contributed by atoms with Crippen LogP contribution < -0.4 is 0 Å². The smallest absolute Gasteiger partial charge is 0.196 e. The summed E-state index contributed by atoms with van der Waals surface area (Å²) in [4.78, 5) is 0. The highest BCUT2D eigenvalue weighted by molar-refractivity contribution is 7.99. The second-order valence-corrected chi connectivity index (χ2v) is 8.49. The number of rotatable bonds is 8. The van der Waals surface area contributed by atoms with Crippen molar-refractivity contribution in [3.8, 4) is 29.4 Å². The van der Waals surface area contributed by atoms with E-state index < -0.39 is 0 Å². The first-order valence-electron chi connectivity index (χ1n) is 9.08. The summed E-state index contributed by atoms with van der Waals surface area (Å²) < 4.78 is 2.01. The highest BCUT2D eigenvalue weighted by atomic mass is 35.5. The Morgan fingerprint density at radius 3 is 2.52 bits per heavy atom. The van der Waals surface area contributed by atoms with Crippen LogP contribution in [-0.4, -0.2) is 26.2 Å². The molecule has 1 aliphatic rings. The average molecular weight is 442 g/mol. The maximum Gasteiger partial charge on any atom is 0.196 e. The van der Waals surface area contributed by atoms with Crippen molar-refractivity contribution in [3.05, 3.63) is 58.6 Å². The number of aromatic nitrogens is 3. The van der Waals surface area contributed by atoms with Gasteiger partial charge < -0.3 is 0 Å². The van der Waals surface area contributed by atoms with E-state index in [9.17, 15) is 0 Å². The minimum atomic E-state index is -0.306. The maximum atomic E-state index is 6.44. The van der Waals surface area contributed by atoms with Crippen LogP contribution in [0, 0.1) is 12.3 Å². The highest BCUT2D eigenvalue weighted by Gasteiger charge is 2.38. The number of hydrogen-bond donors (Lipinski definition) is 0. The molecule has 29 heavy (non-hydrogen) atoms. The predicted molar refractivity (Wildman–Crippen MR) is 118 cm³/mol. The molecule has 0 unspecified atom stereocenters. The second kappa shape index (κ2) is 8.58. The third kappa shape index (κ3) is 4.48. The molecule has 0 saturated heterocycles. The van der Waals surface area contributed by atoms with Gasteiger partial charge in [0.15, 0.2) is 16.6 Å². The summed E-state index contributed by atoms with van der Waals surface area (Å²) in [6.45, 7) is 0. The lowest BCUT2D eigenvalue weighted by Gasteiger charge is -2.12. The standard InChI is InChI=1S/C21H17Cl2N5S/c1-2-3-11-21(26-27-21)12-13-29-20-25-24-19(17-10-9-15(22)14-18(17)23)28(20)16-7-5-4-6-8-16/h1,4-10,14H,3,11-13H2. The van der Waals surface area contributed by atoms with Gasteiger partial charge in [-0.05, 0) is 30.3 Å². The van der Waals surface area contributed by atoms with Crippen LogP contribution in [0.3, 0.4) is 0 Å². The molecule has 2 heterocycles. The number of hydrogen-bond acceptors (Lipinski definition) is 5. The Kier molecular flexibility index (Phi) is 5.91. The molecular formula is C21H17Cl2N5S. The number of benzene rings is 2. The van der Waals surface area contributed by atoms with Crippen molar-refractivity contribution in [2.24, 2.45) is 10.2 Å². The van der Waals surface area contributed by atoms with E-state index in [1.807, 2.05) is 41.0 Å². The Balaban J connectivity index is 1.61. The summed E-state index contributed by atoms with van der Waals surface area (Å²) >= 11 is 14.1. The molecule has 3 aromatic rings. The SMILES string of the molecule is C#CCCC1(CCSc2nnc(-c3ccc(Cl)cc3Cl)n2-c2ccccc2)N=N1. The molecule has 1 aromatic heterocycles. The fraction of sp³-hybridized carbons (Fsp3) is 0.238. The van der Waals surface area contributed by atoms with E-state index in [1.165, 1.54) is 0 Å². The van der Waals surface area contributed by atoms with Crippen LogP contribution >= 0.6 is 35.0 Å². The number of terminal acetylenes is 1. The highest BCUT2D eigenvalue weighted by Crippen LogP contribution is 2.39. The van der Waals surface area contributed by atoms with Gasteiger partial charge in [0.1, 0.15) is 0 Å². The topological polar surface area (TPSA) is 55.4 Å². The predicted octanol–water partition coefficient (Wildman–Crippen LogP) is 6.30. The Morgan fingerprint density at radius 2 is 1.83 bits per heavy atom. The molecule has 4 rings (SSSR count). The fourth-order valence-electron chi connectivity index (χ4n) is 2.99. The van der Waals surface area contributed by atoms with Gasteiger partial charge in [0.05, 0.1) is 5.02 Å². The van der Waals surface area contributed by atoms with Crippen molar-refractivity contribution < 1.29 is 0 Å². The van der Waals surface area contributed by atoms with E-state index in [0.717, 1.165) is 35.0 Å². The van der Waals surface area contributed by atoms with E-state index in [4.69, 9.17) is 29.6 Å². The lowest BCUT2D eigenvalue weighted by atomic mass is 10.1. The normalized spacial score (nSPS) is 14.0. The van der Waals surface area contributed by atoms with Crippen molar-refractivity contribution in [1.29, 1.82) is 0 Å². The van der Waals surface area contributed by atoms with Crippen LogP contribution in [0.15, 0.2) is 63.9 Å². The minimum absolute atomic E-state index is 0.306. The Bertz CT molecular complexity index is 1080. The van der Waals surface area contributed by atoms with E-state index in [-0.39, 0.29) is 5.66 Å². The van der Waals surface area contributed by atoms with Crippen LogP contribution in [0.1, 0.15) is 19.3 Å². The molecule has 0 saturated carbocycles. The van der Waals surface area contributed by atoms with Crippen LogP contribution in [0.2, 0.25) is 10.0 Å². The zero-order valence-electron chi connectivity index (χ0n) is 15.4. The molecular weight excluding hydrogens is 425 g/mol. The molecule has 146 valence electrons. The Labute approximate surface area is 183 Å². The van der Waals surface area contributed by atoms with E-state index in [2.05, 4.69) is 26.3 Å². The molecule has 1 aliphatic heterocycles. The Morgan fingerprint density at radius 1 is 1.03 bits per heavy atom. The first-order valence-corrected chi connectivity index (χ1v) is 10.8. The van der Waals surface area contributed by atoms with Crippen molar-refractivity contribution in [2.75, 3.05) is 5.75 Å². The lowest BCUT2D eigenvalue weighted by molar-refractivity contribution is 0.544. The number of thioether (sulfide) groups is 1. The van der Waals surface area contributed by atoms with Crippen LogP contribution in [-0.2, 0) is 0 Å². The van der Waals surface area contributed by atoms with Gasteiger partial charge >= 0.3 is 0 Å². The van der Waals surface area contributed by atoms with Gasteiger partial charge in [0.25, 0.3) is 0 Å². The molecule has 0 bridgehead atoms. The molecule has 2 aromatic carbocycles. The van der Waals surface area contributed by atoms with Crippen molar-refractivity contribution >= 4 is 35.0 Å². The zero-order chi connectivity index (χ0) is 20.3. The van der Waals surface area contributed by atoms with Crippen LogP contribution in [0.4, 0.5) is 0 Å². The molecule has 0 radical (unpaired) electrons. The van der Waals surface area contributed by atoms with Gasteiger partial charge in [-0.1, -0.05) is 53.2 Å². The van der Waals surface area contributed by atoms with Gasteiger partial charge in [0.2, 0.25) is 0 Å². The summed E-state index contributed by atoms with van der Waals surface area (Å²) in [7, 11) is 0. The molecule has 0 amide bonds. The second-order valence-electron chi connectivity index (χ2n) is 6.59. The molecule has 8 heteroatoms. The summed E-state index contributed by atoms with van der Waals surface area (Å²) in [5.74, 6) is 4.13. The number of nitrogens with zero attached hydrogens (tertiary/aromatic N) is 5. The third-order valence-electron chi connectivity index (χ3n) is 4.61. The van der Waals surface area contributed by atoms with Crippen molar-refractivity contribution in [2.45, 2.75) is 30.1 Å². The van der Waals surface area contributed by atoms with E-state index >= 15 is 0 Å². The van der Waals surface area contributed by atoms with E-state index in [1.54, 1.807) is 23.9 Å². The van der Waals surface area contributed by atoms with E-state index in [0.29, 0.717) is 22.3 Å². The van der Waals surface area contributed by atoms with Crippen molar-refractivity contribution in [3.63, 3.8) is 0 Å². The van der Waals surface area contributed by atoms with Crippen LogP contribution in [0.25, 0.3) is 17.1 Å².